The molecule has 1 aromatic carbocycles. The number of carbonyl (C=O) groups is 2. The van der Waals surface area contributed by atoms with Gasteiger partial charge < -0.3 is 9.14 Å². The van der Waals surface area contributed by atoms with Crippen molar-refractivity contribution < 1.29 is 14.3 Å². The summed E-state index contributed by atoms with van der Waals surface area (Å²) < 4.78 is 9.24. The van der Waals surface area contributed by atoms with Crippen LogP contribution in [-0.2, 0) is 4.74 Å². The van der Waals surface area contributed by atoms with Crippen molar-refractivity contribution in [2.75, 3.05) is 6.61 Å². The van der Waals surface area contributed by atoms with E-state index < -0.39 is 0 Å². The highest BCUT2D eigenvalue weighted by atomic mass is 79.9. The minimum absolute atomic E-state index is 0.0272. The number of carbonyl (C=O) groups excluding carboxylic acids is 2. The van der Waals surface area contributed by atoms with Crippen LogP contribution in [0.1, 0.15) is 43.6 Å². The Kier molecular flexibility index (Phi) is 5.79. The van der Waals surface area contributed by atoms with Gasteiger partial charge in [-0.25, -0.2) is 4.79 Å². The number of hydrogen-bond donors (Lipinski definition) is 0. The molecule has 7 heteroatoms. The Morgan fingerprint density at radius 3 is 2.50 bits per heavy atom. The number of thioether (sulfide) groups is 1. The quantitative estimate of drug-likeness (QED) is 0.224. The molecule has 0 aliphatic rings. The van der Waals surface area contributed by atoms with Gasteiger partial charge in [-0.2, -0.15) is 0 Å². The summed E-state index contributed by atoms with van der Waals surface area (Å²) in [6.07, 6.45) is 2.06. The Morgan fingerprint density at radius 2 is 1.83 bits per heavy atom. The molecule has 0 aliphatic heterocycles. The standard InChI is InChI=1S/C23H20BrNO3S2/c1-5-28-22(26)19-14(4)18-21(29-19)20(17-13(3)10-12(2)11-25(17)18)30-23(27)15-6-8-16(24)9-7-15/h6-11H,5H2,1-4H3. The van der Waals surface area contributed by atoms with E-state index in [1.807, 2.05) is 38.1 Å². The van der Waals surface area contributed by atoms with E-state index in [1.165, 1.54) is 23.1 Å². The molecule has 0 spiro atoms. The fraction of sp³-hybridized carbons (Fsp3) is 0.217. The van der Waals surface area contributed by atoms with Crippen LogP contribution < -0.4 is 0 Å². The highest BCUT2D eigenvalue weighted by Gasteiger charge is 2.26. The smallest absolute Gasteiger partial charge is 0.348 e. The molecular formula is C23H20BrNO3S2. The zero-order chi connectivity index (χ0) is 21.6. The van der Waals surface area contributed by atoms with Gasteiger partial charge in [0.05, 0.1) is 27.2 Å². The first-order valence-electron chi connectivity index (χ1n) is 9.51. The summed E-state index contributed by atoms with van der Waals surface area (Å²) in [4.78, 5) is 27.0. The minimum Gasteiger partial charge on any atom is -0.462 e. The predicted octanol–water partition coefficient (Wildman–Crippen LogP) is 6.95. The maximum atomic E-state index is 13.1. The van der Waals surface area contributed by atoms with Gasteiger partial charge in [0.1, 0.15) is 4.88 Å². The average Bonchev–Trinajstić information content (AvgIpc) is 3.18. The molecule has 0 atom stereocenters. The van der Waals surface area contributed by atoms with Gasteiger partial charge in [-0.3, -0.25) is 4.79 Å². The van der Waals surface area contributed by atoms with Crippen molar-refractivity contribution in [3.8, 4) is 0 Å². The van der Waals surface area contributed by atoms with Crippen molar-refractivity contribution in [1.29, 1.82) is 0 Å². The third-order valence-electron chi connectivity index (χ3n) is 4.90. The van der Waals surface area contributed by atoms with Crippen LogP contribution in [0.4, 0.5) is 0 Å². The van der Waals surface area contributed by atoms with Gasteiger partial charge in [-0.1, -0.05) is 22.0 Å². The van der Waals surface area contributed by atoms with Crippen molar-refractivity contribution in [3.63, 3.8) is 0 Å². The molecule has 0 N–H and O–H groups in total. The minimum atomic E-state index is -0.315. The number of ether oxygens (including phenoxy) is 1. The average molecular weight is 502 g/mol. The number of halogens is 1. The molecule has 0 amide bonds. The lowest BCUT2D eigenvalue weighted by Crippen LogP contribution is -2.04. The molecule has 0 unspecified atom stereocenters. The van der Waals surface area contributed by atoms with Gasteiger partial charge in [-0.05, 0) is 80.4 Å². The lowest BCUT2D eigenvalue weighted by atomic mass is 10.2. The van der Waals surface area contributed by atoms with Crippen LogP contribution in [-0.4, -0.2) is 22.1 Å². The number of hydrogen-bond acceptors (Lipinski definition) is 5. The first-order valence-corrected chi connectivity index (χ1v) is 11.9. The third-order valence-corrected chi connectivity index (χ3v) is 7.86. The first-order chi connectivity index (χ1) is 14.3. The van der Waals surface area contributed by atoms with Crippen LogP contribution in [0.2, 0.25) is 0 Å². The summed E-state index contributed by atoms with van der Waals surface area (Å²) >= 11 is 6.03. The van der Waals surface area contributed by atoms with Gasteiger partial charge in [0.2, 0.25) is 5.12 Å². The number of benzene rings is 1. The van der Waals surface area contributed by atoms with Crippen molar-refractivity contribution in [2.45, 2.75) is 32.6 Å². The predicted molar refractivity (Wildman–Crippen MR) is 127 cm³/mol. The summed E-state index contributed by atoms with van der Waals surface area (Å²) in [5.41, 5.74) is 5.72. The molecule has 4 aromatic rings. The largest absolute Gasteiger partial charge is 0.462 e. The number of esters is 1. The van der Waals surface area contributed by atoms with E-state index >= 15 is 0 Å². The molecule has 0 fully saturated rings. The fourth-order valence-corrected chi connectivity index (χ4v) is 6.28. The van der Waals surface area contributed by atoms with E-state index in [9.17, 15) is 9.59 Å². The maximum Gasteiger partial charge on any atom is 0.348 e. The van der Waals surface area contributed by atoms with E-state index in [4.69, 9.17) is 4.74 Å². The lowest BCUT2D eigenvalue weighted by molar-refractivity contribution is 0.0531. The molecule has 154 valence electrons. The molecule has 0 saturated heterocycles. The number of aromatic nitrogens is 1. The molecule has 0 radical (unpaired) electrons. The molecule has 4 rings (SSSR count). The molecule has 3 aromatic heterocycles. The molecule has 0 bridgehead atoms. The highest BCUT2D eigenvalue weighted by Crippen LogP contribution is 2.44. The second-order valence-corrected chi connectivity index (χ2v) is 10.0. The summed E-state index contributed by atoms with van der Waals surface area (Å²) in [5, 5.41) is -0.0272. The van der Waals surface area contributed by atoms with Crippen LogP contribution in [0.5, 0.6) is 0 Å². The normalized spacial score (nSPS) is 11.4. The number of thiophene rings is 1. The zero-order valence-corrected chi connectivity index (χ0v) is 20.3. The number of nitrogens with zero attached hydrogens (tertiary/aromatic N) is 1. The van der Waals surface area contributed by atoms with Gasteiger partial charge in [0.15, 0.2) is 0 Å². The van der Waals surface area contributed by atoms with Crippen molar-refractivity contribution in [1.82, 2.24) is 4.40 Å². The van der Waals surface area contributed by atoms with Crippen LogP contribution in [0.25, 0.3) is 15.7 Å². The topological polar surface area (TPSA) is 47.8 Å². The highest BCUT2D eigenvalue weighted by molar-refractivity contribution is 9.10. The van der Waals surface area contributed by atoms with E-state index in [0.29, 0.717) is 17.0 Å². The number of rotatable bonds is 4. The number of aryl methyl sites for hydroxylation is 3. The van der Waals surface area contributed by atoms with Gasteiger partial charge >= 0.3 is 5.97 Å². The van der Waals surface area contributed by atoms with Crippen LogP contribution in [0.3, 0.4) is 0 Å². The fourth-order valence-electron chi connectivity index (χ4n) is 3.65. The zero-order valence-electron chi connectivity index (χ0n) is 17.0. The Bertz CT molecular complexity index is 1300. The van der Waals surface area contributed by atoms with E-state index in [0.717, 1.165) is 41.8 Å². The summed E-state index contributed by atoms with van der Waals surface area (Å²) in [6, 6.07) is 9.48. The summed E-state index contributed by atoms with van der Waals surface area (Å²) in [7, 11) is 0. The third kappa shape index (κ3) is 3.59. The molecular weight excluding hydrogens is 482 g/mol. The molecule has 0 saturated carbocycles. The van der Waals surface area contributed by atoms with E-state index in [1.54, 1.807) is 6.92 Å². The van der Waals surface area contributed by atoms with Crippen LogP contribution in [0, 0.1) is 20.8 Å². The molecule has 3 heterocycles. The Labute approximate surface area is 191 Å². The first kappa shape index (κ1) is 21.2. The molecule has 4 nitrogen and oxygen atoms in total. The molecule has 0 aliphatic carbocycles. The molecule has 30 heavy (non-hydrogen) atoms. The SMILES string of the molecule is CCOC(=O)c1sc2c(SC(=O)c3ccc(Br)cc3)c3c(C)cc(C)cn3c2c1C. The van der Waals surface area contributed by atoms with E-state index in [-0.39, 0.29) is 11.1 Å². The van der Waals surface area contributed by atoms with E-state index in [2.05, 4.69) is 39.5 Å². The van der Waals surface area contributed by atoms with Gasteiger partial charge in [-0.15, -0.1) is 11.3 Å². The van der Waals surface area contributed by atoms with Crippen LogP contribution >= 0.6 is 39.0 Å². The lowest BCUT2D eigenvalue weighted by Gasteiger charge is -2.07. The Morgan fingerprint density at radius 1 is 1.13 bits per heavy atom. The number of fused-ring (bicyclic) bond motifs is 3. The second-order valence-electron chi connectivity index (χ2n) is 7.10. The Balaban J connectivity index is 1.93. The van der Waals surface area contributed by atoms with Crippen molar-refractivity contribution in [2.24, 2.45) is 0 Å². The summed E-state index contributed by atoms with van der Waals surface area (Å²) in [6.45, 7) is 8.18. The summed E-state index contributed by atoms with van der Waals surface area (Å²) in [5.74, 6) is -0.315. The van der Waals surface area contributed by atoms with Gasteiger partial charge in [0, 0.05) is 16.2 Å². The van der Waals surface area contributed by atoms with Crippen LogP contribution in [0.15, 0.2) is 45.9 Å². The Hall–Kier alpha value is -2.09. The maximum absolute atomic E-state index is 13.1. The van der Waals surface area contributed by atoms with Crippen molar-refractivity contribution in [3.05, 3.63) is 68.1 Å². The monoisotopic (exact) mass is 501 g/mol. The second kappa shape index (κ2) is 8.21. The van der Waals surface area contributed by atoms with Crippen molar-refractivity contribution >= 4 is 65.8 Å². The number of pyridine rings is 1. The van der Waals surface area contributed by atoms with Gasteiger partial charge in [0.25, 0.3) is 0 Å².